The van der Waals surface area contributed by atoms with Gasteiger partial charge in [0.05, 0.1) is 12.1 Å². The van der Waals surface area contributed by atoms with Crippen LogP contribution < -0.4 is 10.9 Å². The van der Waals surface area contributed by atoms with E-state index < -0.39 is 17.0 Å². The molecular weight excluding hydrogens is 244 g/mol. The third kappa shape index (κ3) is 3.04. The standard InChI is InChI=1S/C14H20N2O3/c1-10-4-6-14(9-17,7-5-10)16-13(19)11-3-2-8-15-12(11)18/h2-3,8,10,17H,4-7,9H2,1H3,(H,15,18)(H,16,19). The first-order chi connectivity index (χ1) is 9.06. The third-order valence-electron chi connectivity index (χ3n) is 3.98. The molecule has 1 aromatic rings. The van der Waals surface area contributed by atoms with Gasteiger partial charge in [0.1, 0.15) is 5.56 Å². The van der Waals surface area contributed by atoms with E-state index in [0.717, 1.165) is 25.7 Å². The summed E-state index contributed by atoms with van der Waals surface area (Å²) >= 11 is 0. The van der Waals surface area contributed by atoms with E-state index in [1.807, 2.05) is 0 Å². The van der Waals surface area contributed by atoms with Crippen LogP contribution in [-0.4, -0.2) is 28.1 Å². The van der Waals surface area contributed by atoms with E-state index in [9.17, 15) is 14.7 Å². The molecule has 0 aliphatic heterocycles. The van der Waals surface area contributed by atoms with E-state index in [2.05, 4.69) is 17.2 Å². The molecule has 0 saturated heterocycles. The van der Waals surface area contributed by atoms with Crippen LogP contribution >= 0.6 is 0 Å². The Morgan fingerprint density at radius 2 is 2.21 bits per heavy atom. The highest BCUT2D eigenvalue weighted by Crippen LogP contribution is 2.31. The molecule has 1 saturated carbocycles. The second-order valence-corrected chi connectivity index (χ2v) is 5.49. The van der Waals surface area contributed by atoms with E-state index >= 15 is 0 Å². The summed E-state index contributed by atoms with van der Waals surface area (Å²) in [5.41, 5.74) is -0.891. The van der Waals surface area contributed by atoms with Crippen LogP contribution in [0.1, 0.15) is 43.0 Å². The third-order valence-corrected chi connectivity index (χ3v) is 3.98. The molecule has 1 fully saturated rings. The Hall–Kier alpha value is -1.62. The van der Waals surface area contributed by atoms with Gasteiger partial charge in [0.15, 0.2) is 0 Å². The predicted octanol–water partition coefficient (Wildman–Crippen LogP) is 1.05. The molecule has 1 aromatic heterocycles. The molecule has 0 spiro atoms. The van der Waals surface area contributed by atoms with Crippen LogP contribution in [0.4, 0.5) is 0 Å². The molecule has 5 nitrogen and oxygen atoms in total. The normalized spacial score (nSPS) is 26.9. The van der Waals surface area contributed by atoms with Gasteiger partial charge < -0.3 is 15.4 Å². The average Bonchev–Trinajstić information content (AvgIpc) is 2.42. The lowest BCUT2D eigenvalue weighted by atomic mass is 9.77. The fourth-order valence-electron chi connectivity index (χ4n) is 2.55. The van der Waals surface area contributed by atoms with Gasteiger partial charge in [-0.05, 0) is 43.7 Å². The quantitative estimate of drug-likeness (QED) is 0.763. The average molecular weight is 264 g/mol. The zero-order valence-electron chi connectivity index (χ0n) is 11.1. The van der Waals surface area contributed by atoms with Crippen LogP contribution in [0.15, 0.2) is 23.1 Å². The second kappa shape index (κ2) is 5.57. The van der Waals surface area contributed by atoms with E-state index in [0.29, 0.717) is 5.92 Å². The van der Waals surface area contributed by atoms with Gasteiger partial charge in [0.2, 0.25) is 0 Å². The van der Waals surface area contributed by atoms with Gasteiger partial charge in [-0.2, -0.15) is 0 Å². The van der Waals surface area contributed by atoms with Gasteiger partial charge in [0.25, 0.3) is 11.5 Å². The number of amides is 1. The van der Waals surface area contributed by atoms with Crippen molar-refractivity contribution in [1.82, 2.24) is 10.3 Å². The molecule has 104 valence electrons. The summed E-state index contributed by atoms with van der Waals surface area (Å²) in [6.45, 7) is 2.08. The fourth-order valence-corrected chi connectivity index (χ4v) is 2.55. The van der Waals surface area contributed by atoms with Crippen molar-refractivity contribution >= 4 is 5.91 Å². The molecule has 0 atom stereocenters. The largest absolute Gasteiger partial charge is 0.394 e. The van der Waals surface area contributed by atoms with Crippen molar-refractivity contribution in [3.8, 4) is 0 Å². The number of hydrogen-bond acceptors (Lipinski definition) is 3. The number of aliphatic hydroxyl groups is 1. The SMILES string of the molecule is CC1CCC(CO)(NC(=O)c2ccc[nH]c2=O)CC1. The molecule has 0 radical (unpaired) electrons. The maximum Gasteiger partial charge on any atom is 0.260 e. The summed E-state index contributed by atoms with van der Waals surface area (Å²) in [4.78, 5) is 26.2. The Kier molecular flexibility index (Phi) is 4.04. The van der Waals surface area contributed by atoms with E-state index in [1.165, 1.54) is 12.3 Å². The van der Waals surface area contributed by atoms with Crippen molar-refractivity contribution in [2.24, 2.45) is 5.92 Å². The van der Waals surface area contributed by atoms with Gasteiger partial charge in [-0.1, -0.05) is 6.92 Å². The van der Waals surface area contributed by atoms with Crippen molar-refractivity contribution in [1.29, 1.82) is 0 Å². The Labute approximate surface area is 112 Å². The van der Waals surface area contributed by atoms with E-state index in [1.54, 1.807) is 6.07 Å². The smallest absolute Gasteiger partial charge is 0.260 e. The van der Waals surface area contributed by atoms with E-state index in [-0.39, 0.29) is 12.2 Å². The number of rotatable bonds is 3. The Morgan fingerprint density at radius 1 is 1.53 bits per heavy atom. The summed E-state index contributed by atoms with van der Waals surface area (Å²) in [5.74, 6) is 0.210. The Morgan fingerprint density at radius 3 is 2.79 bits per heavy atom. The minimum Gasteiger partial charge on any atom is -0.394 e. The topological polar surface area (TPSA) is 82.2 Å². The summed E-state index contributed by atoms with van der Waals surface area (Å²) in [6, 6.07) is 3.11. The first-order valence-corrected chi connectivity index (χ1v) is 6.67. The number of carbonyl (C=O) groups excluding carboxylic acids is 1. The van der Waals surface area contributed by atoms with Crippen molar-refractivity contribution in [2.45, 2.75) is 38.1 Å². The summed E-state index contributed by atoms with van der Waals surface area (Å²) in [6.07, 6.45) is 4.95. The van der Waals surface area contributed by atoms with Crippen molar-refractivity contribution in [2.75, 3.05) is 6.61 Å². The molecule has 1 amide bonds. The maximum absolute atomic E-state index is 12.1. The molecule has 0 aromatic carbocycles. The molecule has 1 heterocycles. The van der Waals surface area contributed by atoms with Crippen molar-refractivity contribution in [3.63, 3.8) is 0 Å². The van der Waals surface area contributed by atoms with Gasteiger partial charge in [0, 0.05) is 6.20 Å². The maximum atomic E-state index is 12.1. The molecule has 19 heavy (non-hydrogen) atoms. The monoisotopic (exact) mass is 264 g/mol. The molecule has 1 aliphatic rings. The number of pyridine rings is 1. The molecule has 1 aliphatic carbocycles. The Balaban J connectivity index is 2.13. The van der Waals surface area contributed by atoms with Crippen molar-refractivity contribution in [3.05, 3.63) is 34.2 Å². The molecule has 3 N–H and O–H groups in total. The lowest BCUT2D eigenvalue weighted by Gasteiger charge is -2.38. The highest BCUT2D eigenvalue weighted by atomic mass is 16.3. The number of H-pyrrole nitrogens is 1. The van der Waals surface area contributed by atoms with Gasteiger partial charge in [-0.3, -0.25) is 9.59 Å². The number of aliphatic hydroxyl groups excluding tert-OH is 1. The Bertz CT molecular complexity index is 501. The highest BCUT2D eigenvalue weighted by molar-refractivity contribution is 5.94. The zero-order valence-corrected chi connectivity index (χ0v) is 11.1. The second-order valence-electron chi connectivity index (χ2n) is 5.49. The van der Waals surface area contributed by atoms with Gasteiger partial charge in [-0.15, -0.1) is 0 Å². The molecule has 5 heteroatoms. The first kappa shape index (κ1) is 13.8. The van der Waals surface area contributed by atoms with E-state index in [4.69, 9.17) is 0 Å². The van der Waals surface area contributed by atoms with Gasteiger partial charge >= 0.3 is 0 Å². The number of aromatic nitrogens is 1. The summed E-state index contributed by atoms with van der Waals surface area (Å²) < 4.78 is 0. The number of carbonyl (C=O) groups is 1. The number of hydrogen-bond donors (Lipinski definition) is 3. The number of aromatic amines is 1. The minimum absolute atomic E-state index is 0.0871. The zero-order chi connectivity index (χ0) is 13.9. The lowest BCUT2D eigenvalue weighted by molar-refractivity contribution is 0.0715. The molecular formula is C14H20N2O3. The van der Waals surface area contributed by atoms with Gasteiger partial charge in [-0.25, -0.2) is 0 Å². The summed E-state index contributed by atoms with van der Waals surface area (Å²) in [7, 11) is 0. The first-order valence-electron chi connectivity index (χ1n) is 6.67. The molecule has 0 bridgehead atoms. The van der Waals surface area contributed by atoms with Crippen molar-refractivity contribution < 1.29 is 9.90 Å². The predicted molar refractivity (Wildman–Crippen MR) is 72.0 cm³/mol. The van der Waals surface area contributed by atoms with Crippen LogP contribution in [-0.2, 0) is 0 Å². The van der Waals surface area contributed by atoms with Crippen LogP contribution in [0, 0.1) is 5.92 Å². The summed E-state index contributed by atoms with van der Waals surface area (Å²) in [5, 5.41) is 12.4. The van der Waals surface area contributed by atoms with Crippen LogP contribution in [0.3, 0.4) is 0 Å². The molecule has 0 unspecified atom stereocenters. The van der Waals surface area contributed by atoms with Crippen LogP contribution in [0.2, 0.25) is 0 Å². The highest BCUT2D eigenvalue weighted by Gasteiger charge is 2.35. The fraction of sp³-hybridized carbons (Fsp3) is 0.571. The van der Waals surface area contributed by atoms with Crippen LogP contribution in [0.25, 0.3) is 0 Å². The number of nitrogens with one attached hydrogen (secondary N) is 2. The lowest BCUT2D eigenvalue weighted by Crippen LogP contribution is -2.54. The minimum atomic E-state index is -0.578. The van der Waals surface area contributed by atoms with Crippen LogP contribution in [0.5, 0.6) is 0 Å². The molecule has 2 rings (SSSR count).